The van der Waals surface area contributed by atoms with E-state index in [2.05, 4.69) is 134 Å². The van der Waals surface area contributed by atoms with Gasteiger partial charge in [0.2, 0.25) is 0 Å². The summed E-state index contributed by atoms with van der Waals surface area (Å²) in [5, 5.41) is 0. The predicted molar refractivity (Wildman–Crippen MR) is 182 cm³/mol. The van der Waals surface area contributed by atoms with E-state index < -0.39 is 0 Å². The van der Waals surface area contributed by atoms with Crippen molar-refractivity contribution in [2.75, 3.05) is 4.90 Å². The summed E-state index contributed by atoms with van der Waals surface area (Å²) in [6.45, 7) is 4.75. The number of rotatable bonds is 3. The third-order valence-corrected chi connectivity index (χ3v) is 12.6. The lowest BCUT2D eigenvalue weighted by atomic mass is 9.43. The topological polar surface area (TPSA) is 3.24 Å². The van der Waals surface area contributed by atoms with Crippen LogP contribution in [0.2, 0.25) is 0 Å². The Morgan fingerprint density at radius 1 is 0.500 bits per heavy atom. The van der Waals surface area contributed by atoms with Crippen molar-refractivity contribution < 1.29 is 0 Å². The van der Waals surface area contributed by atoms with Crippen LogP contribution in [0.15, 0.2) is 115 Å². The lowest BCUT2D eigenvalue weighted by Crippen LogP contribution is -2.55. The normalized spacial score (nSPS) is 27.6. The Hall–Kier alpha value is -4.10. The Morgan fingerprint density at radius 3 is 1.86 bits per heavy atom. The molecule has 216 valence electrons. The number of fused-ring (bicyclic) bond motifs is 6. The molecule has 6 aliphatic carbocycles. The molecule has 0 radical (unpaired) electrons. The smallest absolute Gasteiger partial charge is 0.0543 e. The monoisotopic (exact) mass is 569 g/mol. The molecule has 0 atom stereocenters. The zero-order chi connectivity index (χ0) is 29.2. The Bertz CT molecular complexity index is 1930. The van der Waals surface area contributed by atoms with E-state index in [-0.39, 0.29) is 10.8 Å². The number of para-hydroxylation sites is 1. The van der Waals surface area contributed by atoms with Gasteiger partial charge in [0.15, 0.2) is 0 Å². The highest BCUT2D eigenvalue weighted by Crippen LogP contribution is 2.70. The summed E-state index contributed by atoms with van der Waals surface area (Å²) in [6, 6.07) is 44.1. The zero-order valence-electron chi connectivity index (χ0n) is 25.8. The molecule has 4 fully saturated rings. The Balaban J connectivity index is 1.22. The molecule has 5 aromatic carbocycles. The van der Waals surface area contributed by atoms with E-state index in [9.17, 15) is 0 Å². The second kappa shape index (κ2) is 8.75. The first-order valence-electron chi connectivity index (χ1n) is 16.9. The summed E-state index contributed by atoms with van der Waals surface area (Å²) in [5.41, 5.74) is 15.7. The molecule has 1 heteroatoms. The van der Waals surface area contributed by atoms with E-state index in [1.165, 1.54) is 82.5 Å². The number of hydrogen-bond acceptors (Lipinski definition) is 1. The van der Waals surface area contributed by atoms with Crippen LogP contribution >= 0.6 is 0 Å². The fourth-order valence-corrected chi connectivity index (χ4v) is 11.2. The van der Waals surface area contributed by atoms with E-state index in [4.69, 9.17) is 0 Å². The first kappa shape index (κ1) is 25.2. The quantitative estimate of drug-likeness (QED) is 0.209. The van der Waals surface area contributed by atoms with Crippen molar-refractivity contribution >= 4 is 17.1 Å². The van der Waals surface area contributed by atoms with Crippen molar-refractivity contribution in [1.29, 1.82) is 0 Å². The fourth-order valence-electron chi connectivity index (χ4n) is 11.2. The Morgan fingerprint density at radius 2 is 1.11 bits per heavy atom. The van der Waals surface area contributed by atoms with E-state index in [0.717, 1.165) is 23.7 Å². The molecule has 0 aromatic heterocycles. The summed E-state index contributed by atoms with van der Waals surface area (Å²) >= 11 is 0. The van der Waals surface area contributed by atoms with Crippen LogP contribution in [0.1, 0.15) is 68.2 Å². The van der Waals surface area contributed by atoms with Gasteiger partial charge in [-0.1, -0.05) is 98.8 Å². The molecule has 11 rings (SSSR count). The summed E-state index contributed by atoms with van der Waals surface area (Å²) in [6.07, 6.45) is 7.12. The minimum atomic E-state index is 0.000813. The standard InChI is InChI=1S/C43H39N/c1-42(2)36-15-8-6-13-33(36)35-26-32(19-20-37(35)42)44(31-11-4-3-5-12-31)40-18-10-17-39-41(40)34-14-7-9-16-38(34)43(39)29-22-27-21-28(24-29)25-30(43)23-27/h3-20,26-30H,21-25H2,1-2H3. The summed E-state index contributed by atoms with van der Waals surface area (Å²) in [5.74, 6) is 3.42. The highest BCUT2D eigenvalue weighted by molar-refractivity contribution is 5.96. The first-order valence-corrected chi connectivity index (χ1v) is 16.9. The molecule has 1 nitrogen and oxygen atoms in total. The van der Waals surface area contributed by atoms with Gasteiger partial charge >= 0.3 is 0 Å². The van der Waals surface area contributed by atoms with Gasteiger partial charge in [0.05, 0.1) is 5.69 Å². The van der Waals surface area contributed by atoms with Gasteiger partial charge in [-0.15, -0.1) is 0 Å². The number of hydrogen-bond donors (Lipinski definition) is 0. The minimum absolute atomic E-state index is 0.000813. The van der Waals surface area contributed by atoms with Gasteiger partial charge in [-0.05, 0) is 125 Å². The van der Waals surface area contributed by atoms with Crippen LogP contribution < -0.4 is 4.90 Å². The van der Waals surface area contributed by atoms with Gasteiger partial charge in [-0.3, -0.25) is 0 Å². The molecule has 44 heavy (non-hydrogen) atoms. The molecular weight excluding hydrogens is 530 g/mol. The maximum atomic E-state index is 2.55. The third-order valence-electron chi connectivity index (χ3n) is 12.6. The number of anilines is 3. The van der Waals surface area contributed by atoms with Gasteiger partial charge in [0.25, 0.3) is 0 Å². The van der Waals surface area contributed by atoms with Crippen LogP contribution in [0.3, 0.4) is 0 Å². The van der Waals surface area contributed by atoms with Gasteiger partial charge in [0.1, 0.15) is 0 Å². The van der Waals surface area contributed by atoms with E-state index in [0.29, 0.717) is 0 Å². The SMILES string of the molecule is CC1(C)c2ccccc2-c2cc(N(c3ccccc3)c3cccc4c3-c3ccccc3C43C4CC5CC(C4)CC3C5)ccc21. The molecule has 0 aliphatic heterocycles. The lowest BCUT2D eigenvalue weighted by molar-refractivity contribution is -0.0399. The summed E-state index contributed by atoms with van der Waals surface area (Å²) < 4.78 is 0. The molecular formula is C43H39N. The van der Waals surface area contributed by atoms with Crippen molar-refractivity contribution in [2.24, 2.45) is 23.7 Å². The number of nitrogens with zero attached hydrogens (tertiary/aromatic N) is 1. The van der Waals surface area contributed by atoms with Crippen LogP contribution in [0.5, 0.6) is 0 Å². The molecule has 6 aliphatic rings. The maximum absolute atomic E-state index is 2.55. The predicted octanol–water partition coefficient (Wildman–Crippen LogP) is 11.2. The molecule has 0 amide bonds. The molecule has 0 unspecified atom stereocenters. The van der Waals surface area contributed by atoms with Crippen molar-refractivity contribution in [3.63, 3.8) is 0 Å². The largest absolute Gasteiger partial charge is 0.310 e. The van der Waals surface area contributed by atoms with Crippen LogP contribution in [-0.4, -0.2) is 0 Å². The average Bonchev–Trinajstić information content (AvgIpc) is 3.47. The Kier molecular flexibility index (Phi) is 5.02. The second-order valence-corrected chi connectivity index (χ2v) is 15.0. The maximum Gasteiger partial charge on any atom is 0.0543 e. The fraction of sp³-hybridized carbons (Fsp3) is 0.302. The lowest BCUT2D eigenvalue weighted by Gasteiger charge is -2.61. The van der Waals surface area contributed by atoms with Crippen molar-refractivity contribution in [2.45, 2.75) is 56.8 Å². The van der Waals surface area contributed by atoms with E-state index in [1.54, 1.807) is 11.1 Å². The molecule has 0 heterocycles. The van der Waals surface area contributed by atoms with Gasteiger partial charge in [0, 0.05) is 27.8 Å². The molecule has 1 spiro atoms. The molecule has 4 bridgehead atoms. The van der Waals surface area contributed by atoms with E-state index >= 15 is 0 Å². The molecule has 4 saturated carbocycles. The second-order valence-electron chi connectivity index (χ2n) is 15.0. The minimum Gasteiger partial charge on any atom is -0.310 e. The van der Waals surface area contributed by atoms with Gasteiger partial charge in [-0.2, -0.15) is 0 Å². The Labute approximate surface area is 261 Å². The first-order chi connectivity index (χ1) is 21.5. The van der Waals surface area contributed by atoms with Crippen LogP contribution in [-0.2, 0) is 10.8 Å². The summed E-state index contributed by atoms with van der Waals surface area (Å²) in [7, 11) is 0. The number of benzene rings is 5. The van der Waals surface area contributed by atoms with Crippen LogP contribution in [0, 0.1) is 23.7 Å². The zero-order valence-corrected chi connectivity index (χ0v) is 25.8. The third kappa shape index (κ3) is 3.11. The van der Waals surface area contributed by atoms with Crippen LogP contribution in [0.25, 0.3) is 22.3 Å². The highest BCUT2D eigenvalue weighted by Gasteiger charge is 2.61. The van der Waals surface area contributed by atoms with Gasteiger partial charge < -0.3 is 4.90 Å². The molecule has 0 N–H and O–H groups in total. The summed E-state index contributed by atoms with van der Waals surface area (Å²) in [4.78, 5) is 2.55. The highest BCUT2D eigenvalue weighted by atomic mass is 15.1. The van der Waals surface area contributed by atoms with Crippen molar-refractivity contribution in [3.8, 4) is 22.3 Å². The van der Waals surface area contributed by atoms with E-state index in [1.807, 2.05) is 0 Å². The average molecular weight is 570 g/mol. The van der Waals surface area contributed by atoms with Gasteiger partial charge in [-0.25, -0.2) is 0 Å². The van der Waals surface area contributed by atoms with Crippen molar-refractivity contribution in [1.82, 2.24) is 0 Å². The van der Waals surface area contributed by atoms with Crippen molar-refractivity contribution in [3.05, 3.63) is 138 Å². The molecule has 0 saturated heterocycles. The molecule has 5 aromatic rings. The van der Waals surface area contributed by atoms with Crippen LogP contribution in [0.4, 0.5) is 17.1 Å².